The van der Waals surface area contributed by atoms with Crippen molar-refractivity contribution in [1.29, 1.82) is 0 Å². The Balaban J connectivity index is 1.96. The van der Waals surface area contributed by atoms with E-state index in [-0.39, 0.29) is 16.6 Å². The van der Waals surface area contributed by atoms with Crippen molar-refractivity contribution in [1.82, 2.24) is 8.87 Å². The number of aromatic nitrogens is 1. The molecule has 1 aliphatic carbocycles. The van der Waals surface area contributed by atoms with Crippen molar-refractivity contribution >= 4 is 27.8 Å². The molecule has 2 fully saturated rings. The number of carboxylic acid groups (broad SMARTS) is 1. The molecular weight excluding hydrogens is 300 g/mol. The van der Waals surface area contributed by atoms with E-state index in [1.54, 1.807) is 16.3 Å². The average Bonchev–Trinajstić information content (AvgIpc) is 3.17. The number of nitrogens with zero attached hydrogens (tertiary/aromatic N) is 2. The molecule has 1 aliphatic heterocycles. The zero-order valence-corrected chi connectivity index (χ0v) is 12.5. The Bertz CT molecular complexity index is 628. The van der Waals surface area contributed by atoms with Gasteiger partial charge in [0, 0.05) is 36.8 Å². The smallest absolute Gasteiger partial charge is 0.352 e. The summed E-state index contributed by atoms with van der Waals surface area (Å²) >= 11 is 1.73. The fraction of sp³-hybridized carbons (Fsp3) is 0.583. The first-order valence-electron chi connectivity index (χ1n) is 6.53. The van der Waals surface area contributed by atoms with Gasteiger partial charge in [0.2, 0.25) is 10.0 Å². The summed E-state index contributed by atoms with van der Waals surface area (Å²) in [5, 5.41) is 9.20. The number of rotatable bonds is 4. The van der Waals surface area contributed by atoms with E-state index < -0.39 is 16.0 Å². The third-order valence-electron chi connectivity index (χ3n) is 3.59. The second-order valence-corrected chi connectivity index (χ2v) is 8.18. The Morgan fingerprint density at radius 1 is 1.30 bits per heavy atom. The van der Waals surface area contributed by atoms with Gasteiger partial charge in [0.1, 0.15) is 10.6 Å². The summed E-state index contributed by atoms with van der Waals surface area (Å²) in [4.78, 5) is 11.3. The molecule has 0 bridgehead atoms. The fourth-order valence-electron chi connectivity index (χ4n) is 2.36. The normalized spacial score (nSPS) is 21.0. The van der Waals surface area contributed by atoms with Gasteiger partial charge in [-0.15, -0.1) is 0 Å². The van der Waals surface area contributed by atoms with E-state index in [1.807, 2.05) is 0 Å². The van der Waals surface area contributed by atoms with Crippen LogP contribution in [-0.2, 0) is 10.0 Å². The first-order valence-corrected chi connectivity index (χ1v) is 9.12. The van der Waals surface area contributed by atoms with Gasteiger partial charge in [-0.2, -0.15) is 16.1 Å². The zero-order valence-electron chi connectivity index (χ0n) is 10.9. The maximum Gasteiger partial charge on any atom is 0.352 e. The molecule has 0 spiro atoms. The minimum absolute atomic E-state index is 0.0671. The van der Waals surface area contributed by atoms with Crippen molar-refractivity contribution in [3.63, 3.8) is 0 Å². The Morgan fingerprint density at radius 3 is 2.50 bits per heavy atom. The maximum absolute atomic E-state index is 12.5. The van der Waals surface area contributed by atoms with E-state index in [2.05, 4.69) is 0 Å². The van der Waals surface area contributed by atoms with E-state index in [0.717, 1.165) is 24.3 Å². The molecule has 1 aromatic rings. The molecule has 0 aromatic carbocycles. The molecular formula is C12H16N2O4S2. The monoisotopic (exact) mass is 316 g/mol. The molecule has 0 amide bonds. The number of hydrogen-bond donors (Lipinski definition) is 1. The second kappa shape index (κ2) is 5.09. The maximum atomic E-state index is 12.5. The Hall–Kier alpha value is -0.990. The van der Waals surface area contributed by atoms with Gasteiger partial charge in [-0.25, -0.2) is 13.2 Å². The van der Waals surface area contributed by atoms with E-state index in [4.69, 9.17) is 0 Å². The van der Waals surface area contributed by atoms with Crippen LogP contribution in [0.2, 0.25) is 0 Å². The van der Waals surface area contributed by atoms with Gasteiger partial charge < -0.3 is 9.67 Å². The topological polar surface area (TPSA) is 79.6 Å². The summed E-state index contributed by atoms with van der Waals surface area (Å²) in [6, 6.07) is 1.43. The van der Waals surface area contributed by atoms with Crippen LogP contribution in [0.4, 0.5) is 0 Å². The molecule has 2 aliphatic rings. The van der Waals surface area contributed by atoms with Crippen LogP contribution in [0.5, 0.6) is 0 Å². The molecule has 1 saturated carbocycles. The van der Waals surface area contributed by atoms with E-state index in [1.165, 1.54) is 16.6 Å². The van der Waals surface area contributed by atoms with Gasteiger partial charge in [-0.1, -0.05) is 0 Å². The molecule has 1 N–H and O–H groups in total. The molecule has 3 rings (SSSR count). The van der Waals surface area contributed by atoms with Crippen molar-refractivity contribution in [2.75, 3.05) is 24.6 Å². The number of hydrogen-bond acceptors (Lipinski definition) is 4. The highest BCUT2D eigenvalue weighted by Gasteiger charge is 2.33. The highest BCUT2D eigenvalue weighted by Crippen LogP contribution is 2.37. The summed E-state index contributed by atoms with van der Waals surface area (Å²) in [5.41, 5.74) is 0.0671. The predicted molar refractivity (Wildman–Crippen MR) is 75.7 cm³/mol. The number of thioether (sulfide) groups is 1. The molecule has 1 aromatic heterocycles. The lowest BCUT2D eigenvalue weighted by atomic mass is 10.4. The number of aromatic carboxylic acids is 1. The van der Waals surface area contributed by atoms with Crippen molar-refractivity contribution < 1.29 is 18.3 Å². The highest BCUT2D eigenvalue weighted by atomic mass is 32.2. The third kappa shape index (κ3) is 2.47. The Morgan fingerprint density at radius 2 is 1.95 bits per heavy atom. The zero-order chi connectivity index (χ0) is 14.3. The molecule has 8 heteroatoms. The van der Waals surface area contributed by atoms with Crippen LogP contribution in [-0.4, -0.2) is 53.0 Å². The van der Waals surface area contributed by atoms with Gasteiger partial charge in [0.05, 0.1) is 0 Å². The second-order valence-electron chi connectivity index (χ2n) is 5.02. The van der Waals surface area contributed by atoms with Crippen molar-refractivity contribution in [2.24, 2.45) is 0 Å². The van der Waals surface area contributed by atoms with Crippen LogP contribution in [0.1, 0.15) is 29.4 Å². The summed E-state index contributed by atoms with van der Waals surface area (Å²) in [5.74, 6) is 0.496. The first-order chi connectivity index (χ1) is 9.50. The molecule has 0 radical (unpaired) electrons. The Kier molecular flexibility index (Phi) is 3.55. The number of sulfonamides is 1. The van der Waals surface area contributed by atoms with E-state index in [0.29, 0.717) is 13.1 Å². The quantitative estimate of drug-likeness (QED) is 0.904. The van der Waals surface area contributed by atoms with Crippen LogP contribution < -0.4 is 0 Å². The van der Waals surface area contributed by atoms with Crippen LogP contribution in [0.3, 0.4) is 0 Å². The highest BCUT2D eigenvalue weighted by molar-refractivity contribution is 7.99. The van der Waals surface area contributed by atoms with Crippen molar-refractivity contribution in [2.45, 2.75) is 23.8 Å². The lowest BCUT2D eigenvalue weighted by Gasteiger charge is -2.25. The van der Waals surface area contributed by atoms with Crippen LogP contribution in [0.25, 0.3) is 0 Å². The van der Waals surface area contributed by atoms with Crippen LogP contribution in [0, 0.1) is 0 Å². The largest absolute Gasteiger partial charge is 0.477 e. The first kappa shape index (κ1) is 14.0. The fourth-order valence-corrected chi connectivity index (χ4v) is 4.96. The van der Waals surface area contributed by atoms with E-state index in [9.17, 15) is 18.3 Å². The molecule has 1 saturated heterocycles. The molecule has 0 atom stereocenters. The summed E-state index contributed by atoms with van der Waals surface area (Å²) < 4.78 is 28.1. The standard InChI is InChI=1S/C12H16N2O4S2/c15-12(16)11-7-10(8-14(11)9-1-2-9)20(17,18)13-3-5-19-6-4-13/h7-9H,1-6H2,(H,15,16). The third-order valence-corrected chi connectivity index (χ3v) is 6.40. The number of carbonyl (C=O) groups is 1. The number of carboxylic acids is 1. The molecule has 6 nitrogen and oxygen atoms in total. The van der Waals surface area contributed by atoms with Gasteiger partial charge in [-0.3, -0.25) is 0 Å². The van der Waals surface area contributed by atoms with Gasteiger partial charge in [0.15, 0.2) is 0 Å². The lowest BCUT2D eigenvalue weighted by Crippen LogP contribution is -2.37. The average molecular weight is 316 g/mol. The SMILES string of the molecule is O=C(O)c1cc(S(=O)(=O)N2CCSCC2)cn1C1CC1. The molecule has 20 heavy (non-hydrogen) atoms. The summed E-state index contributed by atoms with van der Waals surface area (Å²) in [7, 11) is -3.57. The van der Waals surface area contributed by atoms with Crippen molar-refractivity contribution in [3.8, 4) is 0 Å². The Labute approximate surface area is 121 Å². The van der Waals surface area contributed by atoms with Crippen molar-refractivity contribution in [3.05, 3.63) is 18.0 Å². The predicted octanol–water partition coefficient (Wildman–Crippen LogP) is 1.26. The van der Waals surface area contributed by atoms with Crippen LogP contribution >= 0.6 is 11.8 Å². The lowest BCUT2D eigenvalue weighted by molar-refractivity contribution is 0.0685. The summed E-state index contributed by atoms with van der Waals surface area (Å²) in [6.45, 7) is 0.980. The van der Waals surface area contributed by atoms with Crippen LogP contribution in [0.15, 0.2) is 17.2 Å². The molecule has 2 heterocycles. The molecule has 110 valence electrons. The van der Waals surface area contributed by atoms with E-state index >= 15 is 0 Å². The van der Waals surface area contributed by atoms with Gasteiger partial charge in [0.25, 0.3) is 0 Å². The van der Waals surface area contributed by atoms with Gasteiger partial charge in [-0.05, 0) is 18.9 Å². The summed E-state index contributed by atoms with van der Waals surface area (Å²) in [6.07, 6.45) is 3.31. The minimum atomic E-state index is -3.57. The molecule has 0 unspecified atom stereocenters. The van der Waals surface area contributed by atoms with Gasteiger partial charge >= 0.3 is 5.97 Å². The minimum Gasteiger partial charge on any atom is -0.477 e.